The summed E-state index contributed by atoms with van der Waals surface area (Å²) in [4.78, 5) is 33.9. The van der Waals surface area contributed by atoms with Gasteiger partial charge in [0.1, 0.15) is 12.6 Å². The van der Waals surface area contributed by atoms with Crippen molar-refractivity contribution >= 4 is 17.9 Å². The first kappa shape index (κ1) is 11.5. The molecule has 1 saturated heterocycles. The highest BCUT2D eigenvalue weighted by Gasteiger charge is 2.38. The van der Waals surface area contributed by atoms with E-state index in [0.717, 1.165) is 17.7 Å². The first-order chi connectivity index (χ1) is 7.06. The van der Waals surface area contributed by atoms with Crippen LogP contribution in [-0.2, 0) is 9.59 Å². The van der Waals surface area contributed by atoms with Crippen LogP contribution in [0.4, 0.5) is 4.79 Å². The van der Waals surface area contributed by atoms with Crippen molar-refractivity contribution < 1.29 is 19.5 Å². The zero-order chi connectivity index (χ0) is 11.4. The molecule has 3 amide bonds. The van der Waals surface area contributed by atoms with Gasteiger partial charge in [-0.25, -0.2) is 4.79 Å². The van der Waals surface area contributed by atoms with Crippen LogP contribution in [0.5, 0.6) is 0 Å². The standard InChI is InChI=1S/C9H14N2O4/c1-2-3-4-6-8(14)11(5-7(12)13)9(15)10-6/h6H,2-5H2,1H3,(H,10,15)(H,12,13)/t6-/m0/s1. The van der Waals surface area contributed by atoms with Gasteiger partial charge in [-0.15, -0.1) is 0 Å². The van der Waals surface area contributed by atoms with Crippen LogP contribution in [0, 0.1) is 0 Å². The average Bonchev–Trinajstić information content (AvgIpc) is 2.42. The van der Waals surface area contributed by atoms with E-state index in [1.807, 2.05) is 6.92 Å². The van der Waals surface area contributed by atoms with E-state index in [1.54, 1.807) is 0 Å². The first-order valence-corrected chi connectivity index (χ1v) is 4.90. The minimum absolute atomic E-state index is 0.434. The summed E-state index contributed by atoms with van der Waals surface area (Å²) in [6.07, 6.45) is 2.33. The molecule has 0 aromatic carbocycles. The Bertz CT molecular complexity index is 290. The summed E-state index contributed by atoms with van der Waals surface area (Å²) in [6, 6.07) is -1.15. The van der Waals surface area contributed by atoms with E-state index in [-0.39, 0.29) is 0 Å². The van der Waals surface area contributed by atoms with Crippen molar-refractivity contribution in [2.24, 2.45) is 0 Å². The molecule has 1 fully saturated rings. The molecule has 0 radical (unpaired) electrons. The van der Waals surface area contributed by atoms with Crippen LogP contribution in [-0.4, -0.2) is 40.5 Å². The van der Waals surface area contributed by atoms with Crippen molar-refractivity contribution in [1.29, 1.82) is 0 Å². The number of hydrogen-bond donors (Lipinski definition) is 2. The number of carbonyl (C=O) groups excluding carboxylic acids is 2. The predicted molar refractivity (Wildman–Crippen MR) is 51.2 cm³/mol. The van der Waals surface area contributed by atoms with Crippen LogP contribution in [0.2, 0.25) is 0 Å². The van der Waals surface area contributed by atoms with Gasteiger partial charge in [-0.05, 0) is 6.42 Å². The van der Waals surface area contributed by atoms with Crippen molar-refractivity contribution in [2.75, 3.05) is 6.54 Å². The molecule has 0 aromatic heterocycles. The van der Waals surface area contributed by atoms with E-state index >= 15 is 0 Å². The predicted octanol–water partition coefficient (Wildman–Crippen LogP) is 0.182. The molecule has 1 atom stereocenters. The minimum Gasteiger partial charge on any atom is -0.480 e. The Morgan fingerprint density at radius 1 is 1.53 bits per heavy atom. The highest BCUT2D eigenvalue weighted by molar-refractivity contribution is 6.05. The largest absolute Gasteiger partial charge is 0.480 e. The second kappa shape index (κ2) is 4.77. The molecule has 84 valence electrons. The molecule has 1 aliphatic heterocycles. The van der Waals surface area contributed by atoms with Gasteiger partial charge in [0.25, 0.3) is 5.91 Å². The summed E-state index contributed by atoms with van der Waals surface area (Å²) in [5.74, 6) is -1.62. The fourth-order valence-corrected chi connectivity index (χ4v) is 1.47. The molecule has 0 unspecified atom stereocenters. The Balaban J connectivity index is 2.58. The maximum atomic E-state index is 11.5. The van der Waals surface area contributed by atoms with Crippen LogP contribution in [0.1, 0.15) is 26.2 Å². The number of carboxylic acid groups (broad SMARTS) is 1. The van der Waals surface area contributed by atoms with Crippen LogP contribution in [0.25, 0.3) is 0 Å². The molecule has 0 aromatic rings. The lowest BCUT2D eigenvalue weighted by molar-refractivity contribution is -0.141. The number of hydrogen-bond acceptors (Lipinski definition) is 3. The highest BCUT2D eigenvalue weighted by atomic mass is 16.4. The zero-order valence-electron chi connectivity index (χ0n) is 8.52. The number of carboxylic acids is 1. The molecule has 0 aliphatic carbocycles. The zero-order valence-corrected chi connectivity index (χ0v) is 8.52. The second-order valence-corrected chi connectivity index (χ2v) is 3.46. The number of aliphatic carboxylic acids is 1. The van der Waals surface area contributed by atoms with Gasteiger partial charge in [0.05, 0.1) is 0 Å². The number of nitrogens with one attached hydrogen (secondary N) is 1. The number of nitrogens with zero attached hydrogens (tertiary/aromatic N) is 1. The van der Waals surface area contributed by atoms with Crippen molar-refractivity contribution in [3.63, 3.8) is 0 Å². The van der Waals surface area contributed by atoms with E-state index in [9.17, 15) is 14.4 Å². The Kier molecular flexibility index (Phi) is 3.65. The van der Waals surface area contributed by atoms with Crippen molar-refractivity contribution in [3.8, 4) is 0 Å². The van der Waals surface area contributed by atoms with E-state index in [1.165, 1.54) is 0 Å². The molecule has 6 nitrogen and oxygen atoms in total. The van der Waals surface area contributed by atoms with E-state index in [2.05, 4.69) is 5.32 Å². The topological polar surface area (TPSA) is 86.7 Å². The van der Waals surface area contributed by atoms with E-state index in [4.69, 9.17) is 5.11 Å². The summed E-state index contributed by atoms with van der Waals surface area (Å²) < 4.78 is 0. The number of amides is 3. The quantitative estimate of drug-likeness (QED) is 0.639. The van der Waals surface area contributed by atoms with Crippen molar-refractivity contribution in [3.05, 3.63) is 0 Å². The Morgan fingerprint density at radius 3 is 2.73 bits per heavy atom. The molecule has 0 bridgehead atoms. The molecular formula is C9H14N2O4. The molecule has 1 heterocycles. The molecule has 15 heavy (non-hydrogen) atoms. The van der Waals surface area contributed by atoms with Gasteiger partial charge in [0.15, 0.2) is 0 Å². The molecule has 1 rings (SSSR count). The third-order valence-electron chi connectivity index (χ3n) is 2.25. The Morgan fingerprint density at radius 2 is 2.20 bits per heavy atom. The number of imide groups is 1. The highest BCUT2D eigenvalue weighted by Crippen LogP contribution is 2.11. The van der Waals surface area contributed by atoms with Gasteiger partial charge in [0, 0.05) is 0 Å². The van der Waals surface area contributed by atoms with Gasteiger partial charge < -0.3 is 10.4 Å². The third-order valence-corrected chi connectivity index (χ3v) is 2.25. The SMILES string of the molecule is CCCC[C@@H]1NC(=O)N(CC(=O)O)C1=O. The summed E-state index contributed by atoms with van der Waals surface area (Å²) in [5, 5.41) is 11.0. The maximum Gasteiger partial charge on any atom is 0.325 e. The summed E-state index contributed by atoms with van der Waals surface area (Å²) >= 11 is 0. The van der Waals surface area contributed by atoms with Crippen molar-refractivity contribution in [2.45, 2.75) is 32.2 Å². The molecule has 1 aliphatic rings. The molecule has 2 N–H and O–H groups in total. The lowest BCUT2D eigenvalue weighted by Crippen LogP contribution is -2.36. The number of unbranched alkanes of at least 4 members (excludes halogenated alkanes) is 1. The second-order valence-electron chi connectivity index (χ2n) is 3.46. The Labute approximate surface area is 87.2 Å². The summed E-state index contributed by atoms with van der Waals surface area (Å²) in [6.45, 7) is 1.42. The van der Waals surface area contributed by atoms with Gasteiger partial charge in [-0.1, -0.05) is 19.8 Å². The molecule has 0 spiro atoms. The molecular weight excluding hydrogens is 200 g/mol. The van der Waals surface area contributed by atoms with Crippen LogP contribution in [0.15, 0.2) is 0 Å². The number of urea groups is 1. The third kappa shape index (κ3) is 2.68. The lowest BCUT2D eigenvalue weighted by atomic mass is 10.1. The smallest absolute Gasteiger partial charge is 0.325 e. The fourth-order valence-electron chi connectivity index (χ4n) is 1.47. The molecule has 0 saturated carbocycles. The number of carbonyl (C=O) groups is 3. The summed E-state index contributed by atoms with van der Waals surface area (Å²) in [5.41, 5.74) is 0. The van der Waals surface area contributed by atoms with Crippen LogP contribution in [0.3, 0.4) is 0 Å². The average molecular weight is 214 g/mol. The van der Waals surface area contributed by atoms with Gasteiger partial charge in [-0.3, -0.25) is 14.5 Å². The normalized spacial score (nSPS) is 20.6. The van der Waals surface area contributed by atoms with Crippen LogP contribution < -0.4 is 5.32 Å². The monoisotopic (exact) mass is 214 g/mol. The fraction of sp³-hybridized carbons (Fsp3) is 0.667. The lowest BCUT2D eigenvalue weighted by Gasteiger charge is -2.09. The van der Waals surface area contributed by atoms with E-state index < -0.39 is 30.5 Å². The minimum atomic E-state index is -1.19. The van der Waals surface area contributed by atoms with Crippen LogP contribution >= 0.6 is 0 Å². The van der Waals surface area contributed by atoms with E-state index in [0.29, 0.717) is 6.42 Å². The summed E-state index contributed by atoms with van der Waals surface area (Å²) in [7, 11) is 0. The number of rotatable bonds is 5. The van der Waals surface area contributed by atoms with Crippen molar-refractivity contribution in [1.82, 2.24) is 10.2 Å². The molecule has 6 heteroatoms. The van der Waals surface area contributed by atoms with Gasteiger partial charge >= 0.3 is 12.0 Å². The first-order valence-electron chi connectivity index (χ1n) is 4.90. The van der Waals surface area contributed by atoms with Gasteiger partial charge in [-0.2, -0.15) is 0 Å². The maximum absolute atomic E-state index is 11.5. The Hall–Kier alpha value is -1.59. The van der Waals surface area contributed by atoms with Gasteiger partial charge in [0.2, 0.25) is 0 Å².